The Morgan fingerprint density at radius 3 is 2.73 bits per heavy atom. The second-order valence-electron chi connectivity index (χ2n) is 6.98. The number of rotatable bonds is 6. The average Bonchev–Trinajstić information content (AvgIpc) is 3.01. The summed E-state index contributed by atoms with van der Waals surface area (Å²) >= 11 is 0. The Morgan fingerprint density at radius 2 is 1.91 bits per heavy atom. The Hall–Kier alpha value is -1.06. The van der Waals surface area contributed by atoms with Gasteiger partial charge in [0.15, 0.2) is 0 Å². The van der Waals surface area contributed by atoms with E-state index in [0.29, 0.717) is 19.2 Å². The largest absolute Gasteiger partial charge is 0.491 e. The summed E-state index contributed by atoms with van der Waals surface area (Å²) < 4.78 is 5.80. The van der Waals surface area contributed by atoms with Gasteiger partial charge in [0.05, 0.1) is 0 Å². The molecule has 3 nitrogen and oxygen atoms in total. The highest BCUT2D eigenvalue weighted by Gasteiger charge is 2.20. The first-order valence-electron chi connectivity index (χ1n) is 8.85. The van der Waals surface area contributed by atoms with Crippen LogP contribution < -0.4 is 4.74 Å². The summed E-state index contributed by atoms with van der Waals surface area (Å²) in [6.45, 7) is 1.09. The van der Waals surface area contributed by atoms with E-state index in [0.717, 1.165) is 5.75 Å². The molecule has 0 aromatic heterocycles. The first-order chi connectivity index (χ1) is 10.7. The van der Waals surface area contributed by atoms with E-state index in [1.54, 1.807) is 0 Å². The van der Waals surface area contributed by atoms with E-state index >= 15 is 0 Å². The summed E-state index contributed by atoms with van der Waals surface area (Å²) in [6.07, 6.45) is 9.78. The summed E-state index contributed by atoms with van der Waals surface area (Å²) in [5.41, 5.74) is 2.89. The van der Waals surface area contributed by atoms with Crippen LogP contribution in [0.4, 0.5) is 0 Å². The number of hydrogen-bond donors (Lipinski definition) is 1. The lowest BCUT2D eigenvalue weighted by molar-refractivity contribution is 0.0561. The highest BCUT2D eigenvalue weighted by molar-refractivity contribution is 5.38. The third-order valence-corrected chi connectivity index (χ3v) is 5.21. The zero-order valence-electron chi connectivity index (χ0n) is 13.8. The number of likely N-dealkylation sites (N-methyl/N-ethyl adjacent to an activating group) is 1. The number of fused-ring (bicyclic) bond motifs is 1. The zero-order chi connectivity index (χ0) is 15.4. The fraction of sp³-hybridized carbons (Fsp3) is 0.684. The number of aliphatic hydroxyl groups is 1. The summed E-state index contributed by atoms with van der Waals surface area (Å²) in [7, 11) is 2.13. The smallest absolute Gasteiger partial charge is 0.119 e. The van der Waals surface area contributed by atoms with E-state index < -0.39 is 6.10 Å². The van der Waals surface area contributed by atoms with Crippen molar-refractivity contribution in [3.05, 3.63) is 29.3 Å². The van der Waals surface area contributed by atoms with Gasteiger partial charge in [-0.05, 0) is 62.4 Å². The monoisotopic (exact) mass is 303 g/mol. The lowest BCUT2D eigenvalue weighted by Crippen LogP contribution is -2.40. The number of aliphatic hydroxyl groups excluding tert-OH is 1. The molecule has 3 heteroatoms. The van der Waals surface area contributed by atoms with Crippen molar-refractivity contribution in [3.63, 3.8) is 0 Å². The van der Waals surface area contributed by atoms with E-state index in [1.807, 2.05) is 6.07 Å². The number of nitrogens with zero attached hydrogens (tertiary/aromatic N) is 1. The van der Waals surface area contributed by atoms with Gasteiger partial charge >= 0.3 is 0 Å². The first-order valence-corrected chi connectivity index (χ1v) is 8.85. The molecular weight excluding hydrogens is 274 g/mol. The van der Waals surface area contributed by atoms with Crippen LogP contribution in [0.5, 0.6) is 5.75 Å². The van der Waals surface area contributed by atoms with Crippen LogP contribution in [0.2, 0.25) is 0 Å². The Bertz CT molecular complexity index is 482. The Labute approximate surface area is 134 Å². The van der Waals surface area contributed by atoms with Crippen molar-refractivity contribution in [2.24, 2.45) is 0 Å². The number of ether oxygens (including phenoxy) is 1. The minimum atomic E-state index is -0.416. The van der Waals surface area contributed by atoms with Crippen molar-refractivity contribution in [2.45, 2.75) is 63.5 Å². The zero-order valence-corrected chi connectivity index (χ0v) is 13.8. The van der Waals surface area contributed by atoms with Crippen LogP contribution in [-0.4, -0.2) is 42.4 Å². The SMILES string of the molecule is CN(C[C@@H](O)COc1ccc2c(c1)CCC2)C1CCCCC1. The van der Waals surface area contributed by atoms with Crippen LogP contribution in [0.15, 0.2) is 18.2 Å². The fourth-order valence-electron chi connectivity index (χ4n) is 3.89. The van der Waals surface area contributed by atoms with Crippen molar-refractivity contribution in [1.82, 2.24) is 4.90 Å². The van der Waals surface area contributed by atoms with Crippen LogP contribution >= 0.6 is 0 Å². The third kappa shape index (κ3) is 4.02. The Balaban J connectivity index is 1.44. The van der Waals surface area contributed by atoms with Crippen molar-refractivity contribution in [3.8, 4) is 5.75 Å². The lowest BCUT2D eigenvalue weighted by Gasteiger charge is -2.32. The first kappa shape index (κ1) is 15.8. The molecule has 22 heavy (non-hydrogen) atoms. The maximum atomic E-state index is 10.2. The van der Waals surface area contributed by atoms with E-state index in [1.165, 1.54) is 62.5 Å². The summed E-state index contributed by atoms with van der Waals surface area (Å²) in [6, 6.07) is 7.02. The quantitative estimate of drug-likeness (QED) is 0.876. The molecule has 1 fully saturated rings. The molecule has 0 bridgehead atoms. The van der Waals surface area contributed by atoms with Crippen molar-refractivity contribution in [2.75, 3.05) is 20.2 Å². The summed E-state index contributed by atoms with van der Waals surface area (Å²) in [4.78, 5) is 2.32. The van der Waals surface area contributed by atoms with Crippen molar-refractivity contribution in [1.29, 1.82) is 0 Å². The predicted octanol–water partition coefficient (Wildman–Crippen LogP) is 3.18. The van der Waals surface area contributed by atoms with Gasteiger partial charge in [0.25, 0.3) is 0 Å². The average molecular weight is 303 g/mol. The number of aryl methyl sites for hydroxylation is 2. The molecule has 0 radical (unpaired) electrons. The highest BCUT2D eigenvalue weighted by Crippen LogP contribution is 2.26. The van der Waals surface area contributed by atoms with Crippen LogP contribution in [0.3, 0.4) is 0 Å². The second-order valence-corrected chi connectivity index (χ2v) is 6.98. The maximum absolute atomic E-state index is 10.2. The van der Waals surface area contributed by atoms with E-state index in [9.17, 15) is 5.11 Å². The maximum Gasteiger partial charge on any atom is 0.119 e. The normalized spacial score (nSPS) is 20.1. The molecular formula is C19H29NO2. The van der Waals surface area contributed by atoms with E-state index in [-0.39, 0.29) is 0 Å². The van der Waals surface area contributed by atoms with Crippen LogP contribution in [-0.2, 0) is 12.8 Å². The van der Waals surface area contributed by atoms with E-state index in [2.05, 4.69) is 24.1 Å². The van der Waals surface area contributed by atoms with Crippen LogP contribution in [0.1, 0.15) is 49.7 Å². The molecule has 3 rings (SSSR count). The van der Waals surface area contributed by atoms with Gasteiger partial charge in [0.1, 0.15) is 18.5 Å². The predicted molar refractivity (Wildman–Crippen MR) is 89.5 cm³/mol. The van der Waals surface area contributed by atoms with Gasteiger partial charge in [0, 0.05) is 12.6 Å². The minimum absolute atomic E-state index is 0.385. The third-order valence-electron chi connectivity index (χ3n) is 5.21. The summed E-state index contributed by atoms with van der Waals surface area (Å²) in [5.74, 6) is 0.903. The van der Waals surface area contributed by atoms with Gasteiger partial charge in [-0.3, -0.25) is 0 Å². The van der Waals surface area contributed by atoms with Crippen molar-refractivity contribution < 1.29 is 9.84 Å². The second kappa shape index (κ2) is 7.47. The topological polar surface area (TPSA) is 32.7 Å². The standard InChI is InChI=1S/C19H29NO2/c1-20(17-8-3-2-4-9-17)13-18(21)14-22-19-11-10-15-6-5-7-16(15)12-19/h10-12,17-18,21H,2-9,13-14H2,1H3/t18-/m1/s1. The molecule has 1 N–H and O–H groups in total. The van der Waals surface area contributed by atoms with Gasteiger partial charge in [-0.1, -0.05) is 25.3 Å². The fourth-order valence-corrected chi connectivity index (χ4v) is 3.89. The molecule has 2 aliphatic carbocycles. The van der Waals surface area contributed by atoms with Crippen LogP contribution in [0.25, 0.3) is 0 Å². The van der Waals surface area contributed by atoms with Crippen LogP contribution in [0, 0.1) is 0 Å². The van der Waals surface area contributed by atoms with E-state index in [4.69, 9.17) is 4.74 Å². The van der Waals surface area contributed by atoms with Gasteiger partial charge in [-0.25, -0.2) is 0 Å². The molecule has 1 aromatic carbocycles. The molecule has 0 saturated heterocycles. The highest BCUT2D eigenvalue weighted by atomic mass is 16.5. The molecule has 0 unspecified atom stereocenters. The lowest BCUT2D eigenvalue weighted by atomic mass is 9.94. The van der Waals surface area contributed by atoms with Gasteiger partial charge < -0.3 is 14.7 Å². The molecule has 0 aliphatic heterocycles. The molecule has 1 saturated carbocycles. The minimum Gasteiger partial charge on any atom is -0.491 e. The molecule has 0 amide bonds. The molecule has 0 heterocycles. The van der Waals surface area contributed by atoms with Gasteiger partial charge in [0.2, 0.25) is 0 Å². The number of benzene rings is 1. The summed E-state index contributed by atoms with van der Waals surface area (Å²) in [5, 5.41) is 10.2. The molecule has 1 atom stereocenters. The molecule has 0 spiro atoms. The van der Waals surface area contributed by atoms with Gasteiger partial charge in [-0.2, -0.15) is 0 Å². The van der Waals surface area contributed by atoms with Gasteiger partial charge in [-0.15, -0.1) is 0 Å². The number of hydrogen-bond acceptors (Lipinski definition) is 3. The van der Waals surface area contributed by atoms with Crippen molar-refractivity contribution >= 4 is 0 Å². The Kier molecular flexibility index (Phi) is 5.37. The molecule has 2 aliphatic rings. The molecule has 1 aromatic rings. The Morgan fingerprint density at radius 1 is 1.14 bits per heavy atom. The molecule has 122 valence electrons.